The van der Waals surface area contributed by atoms with Gasteiger partial charge in [0.05, 0.1) is 23.9 Å². The molecule has 0 aromatic rings. The molecule has 4 fully saturated rings. The van der Waals surface area contributed by atoms with E-state index in [2.05, 4.69) is 6.58 Å². The second kappa shape index (κ2) is 6.04. The van der Waals surface area contributed by atoms with Gasteiger partial charge in [0, 0.05) is 29.6 Å². The summed E-state index contributed by atoms with van der Waals surface area (Å²) in [6.07, 6.45) is -2.71. The maximum atomic E-state index is 11.9. The van der Waals surface area contributed by atoms with Crippen molar-refractivity contribution in [3.8, 4) is 0 Å². The van der Waals surface area contributed by atoms with Crippen molar-refractivity contribution in [1.82, 2.24) is 0 Å². The number of fused-ring (bicyclic) bond motifs is 2. The van der Waals surface area contributed by atoms with E-state index in [9.17, 15) is 30.3 Å². The first kappa shape index (κ1) is 21.2. The number of esters is 1. The van der Waals surface area contributed by atoms with E-state index in [0.29, 0.717) is 24.8 Å². The van der Waals surface area contributed by atoms with Crippen molar-refractivity contribution < 1.29 is 35.1 Å². The van der Waals surface area contributed by atoms with E-state index in [1.165, 1.54) is 6.92 Å². The molecule has 29 heavy (non-hydrogen) atoms. The summed E-state index contributed by atoms with van der Waals surface area (Å²) in [4.78, 5) is 11.9. The van der Waals surface area contributed by atoms with E-state index in [1.54, 1.807) is 20.8 Å². The number of rotatable bonds is 1. The maximum Gasteiger partial charge on any atom is 0.302 e. The fourth-order valence-electron chi connectivity index (χ4n) is 7.68. The van der Waals surface area contributed by atoms with Crippen LogP contribution in [0.2, 0.25) is 0 Å². The molecule has 0 radical (unpaired) electrons. The molecule has 1 spiro atoms. The van der Waals surface area contributed by atoms with Crippen molar-refractivity contribution in [2.24, 2.45) is 28.6 Å². The second-order valence-electron chi connectivity index (χ2n) is 10.8. The molecule has 7 nitrogen and oxygen atoms in total. The van der Waals surface area contributed by atoms with E-state index >= 15 is 0 Å². The smallest absolute Gasteiger partial charge is 0.302 e. The van der Waals surface area contributed by atoms with Gasteiger partial charge in [-0.15, -0.1) is 0 Å². The predicted molar refractivity (Wildman–Crippen MR) is 103 cm³/mol. The van der Waals surface area contributed by atoms with Gasteiger partial charge in [-0.2, -0.15) is 0 Å². The van der Waals surface area contributed by atoms with Crippen LogP contribution in [-0.4, -0.2) is 67.1 Å². The lowest BCUT2D eigenvalue weighted by molar-refractivity contribution is -0.181. The lowest BCUT2D eigenvalue weighted by Crippen LogP contribution is -2.57. The zero-order chi connectivity index (χ0) is 21.7. The van der Waals surface area contributed by atoms with Gasteiger partial charge in [0.2, 0.25) is 0 Å². The number of carbonyl (C=O) groups excluding carboxylic acids is 1. The van der Waals surface area contributed by atoms with E-state index < -0.39 is 58.3 Å². The highest BCUT2D eigenvalue weighted by Crippen LogP contribution is 2.69. The first-order chi connectivity index (χ1) is 13.2. The minimum atomic E-state index is -1.79. The lowest BCUT2D eigenvalue weighted by Gasteiger charge is -2.47. The molecule has 0 heterocycles. The topological polar surface area (TPSA) is 127 Å². The summed E-state index contributed by atoms with van der Waals surface area (Å²) in [7, 11) is 0. The van der Waals surface area contributed by atoms with Gasteiger partial charge in [-0.25, -0.2) is 0 Å². The highest BCUT2D eigenvalue weighted by molar-refractivity contribution is 5.66. The molecule has 164 valence electrons. The van der Waals surface area contributed by atoms with E-state index in [-0.39, 0.29) is 18.3 Å². The molecule has 10 atom stereocenters. The Labute approximate surface area is 171 Å². The Balaban J connectivity index is 1.88. The van der Waals surface area contributed by atoms with Crippen LogP contribution in [0.5, 0.6) is 0 Å². The molecule has 0 aromatic carbocycles. The normalized spacial score (nSPS) is 55.8. The van der Waals surface area contributed by atoms with Crippen LogP contribution in [0.3, 0.4) is 0 Å². The highest BCUT2D eigenvalue weighted by atomic mass is 16.5. The summed E-state index contributed by atoms with van der Waals surface area (Å²) >= 11 is 0. The van der Waals surface area contributed by atoms with Crippen molar-refractivity contribution in [2.45, 2.75) is 89.0 Å². The molecule has 0 unspecified atom stereocenters. The second-order valence-corrected chi connectivity index (χ2v) is 10.8. The molecule has 4 saturated carbocycles. The van der Waals surface area contributed by atoms with Crippen molar-refractivity contribution in [2.75, 3.05) is 0 Å². The van der Waals surface area contributed by atoms with Gasteiger partial charge >= 0.3 is 5.97 Å². The molecular weight excluding hydrogens is 376 g/mol. The number of ether oxygens (including phenoxy) is 1. The Hall–Kier alpha value is -0.990. The minimum absolute atomic E-state index is 0.0944. The zero-order valence-corrected chi connectivity index (χ0v) is 17.6. The Morgan fingerprint density at radius 3 is 2.34 bits per heavy atom. The molecule has 4 aliphatic carbocycles. The van der Waals surface area contributed by atoms with Crippen LogP contribution >= 0.6 is 0 Å². The Kier molecular flexibility index (Phi) is 4.42. The molecule has 0 amide bonds. The Morgan fingerprint density at radius 1 is 1.14 bits per heavy atom. The van der Waals surface area contributed by atoms with Crippen LogP contribution in [0, 0.1) is 28.6 Å². The first-order valence-corrected chi connectivity index (χ1v) is 10.6. The quantitative estimate of drug-likeness (QED) is 0.315. The van der Waals surface area contributed by atoms with Gasteiger partial charge in [-0.05, 0) is 38.5 Å². The molecule has 2 bridgehead atoms. The fraction of sp³-hybridized carbons (Fsp3) is 0.864. The van der Waals surface area contributed by atoms with E-state index in [4.69, 9.17) is 4.74 Å². The van der Waals surface area contributed by atoms with Gasteiger partial charge in [0.1, 0.15) is 11.7 Å². The predicted octanol–water partition coefficient (Wildman–Crippen LogP) is 0.515. The molecule has 0 saturated heterocycles. The summed E-state index contributed by atoms with van der Waals surface area (Å²) in [5, 5.41) is 55.8. The molecule has 7 heteroatoms. The third-order valence-electron chi connectivity index (χ3n) is 9.01. The molecule has 5 N–H and O–H groups in total. The molecule has 4 aliphatic rings. The maximum absolute atomic E-state index is 11.9. The van der Waals surface area contributed by atoms with Crippen LogP contribution in [0.1, 0.15) is 53.4 Å². The van der Waals surface area contributed by atoms with Crippen LogP contribution in [-0.2, 0) is 9.53 Å². The van der Waals surface area contributed by atoms with Crippen LogP contribution in [0.25, 0.3) is 0 Å². The van der Waals surface area contributed by atoms with Crippen molar-refractivity contribution in [3.05, 3.63) is 12.2 Å². The SMILES string of the molecule is C=C1[C@@H]2[C@H](O)[C@H](O)C(C)(C)[C@@]2(O)[C@@H](O)C[C@]23C[C@@](C)(O)[C@H](CC[C@@H]12)[C@H]3OC(C)=O. The Morgan fingerprint density at radius 2 is 1.76 bits per heavy atom. The number of aliphatic hydroxyl groups is 5. The zero-order valence-electron chi connectivity index (χ0n) is 17.6. The molecule has 4 rings (SSSR count). The van der Waals surface area contributed by atoms with E-state index in [1.807, 2.05) is 0 Å². The Bertz CT molecular complexity index is 745. The van der Waals surface area contributed by atoms with Crippen molar-refractivity contribution in [1.29, 1.82) is 0 Å². The summed E-state index contributed by atoms with van der Waals surface area (Å²) in [6, 6.07) is 0. The van der Waals surface area contributed by atoms with Gasteiger partial charge in [0.15, 0.2) is 0 Å². The number of carbonyl (C=O) groups is 1. The summed E-state index contributed by atoms with van der Waals surface area (Å²) in [5.41, 5.74) is -4.27. The molecule has 0 aliphatic heterocycles. The third-order valence-corrected chi connectivity index (χ3v) is 9.01. The monoisotopic (exact) mass is 410 g/mol. The molecular formula is C22H34O7. The minimum Gasteiger partial charge on any atom is -0.462 e. The standard InChI is InChI=1S/C22H34O7/c1-10-12-6-7-13-18(29-11(2)23)21(12,9-20(13,5)27)8-14(24)22(28)15(10)16(25)17(26)19(22,3)4/h12-18,24-28H,1,6-9H2,2-5H3/t12-,13+,14-,15+,16-,17-,18+,20+,21-,22+/m0/s1. The summed E-state index contributed by atoms with van der Waals surface area (Å²) < 4.78 is 5.74. The number of hydrogen-bond donors (Lipinski definition) is 5. The van der Waals surface area contributed by atoms with Crippen LogP contribution in [0.15, 0.2) is 12.2 Å². The fourth-order valence-corrected chi connectivity index (χ4v) is 7.68. The number of hydrogen-bond acceptors (Lipinski definition) is 7. The van der Waals surface area contributed by atoms with Crippen LogP contribution < -0.4 is 0 Å². The average Bonchev–Trinajstić information content (AvgIpc) is 2.77. The van der Waals surface area contributed by atoms with Gasteiger partial charge in [-0.3, -0.25) is 4.79 Å². The van der Waals surface area contributed by atoms with Gasteiger partial charge in [0.25, 0.3) is 0 Å². The lowest BCUT2D eigenvalue weighted by atomic mass is 9.61. The van der Waals surface area contributed by atoms with Gasteiger partial charge in [-0.1, -0.05) is 26.0 Å². The van der Waals surface area contributed by atoms with E-state index in [0.717, 1.165) is 0 Å². The number of aliphatic hydroxyl groups excluding tert-OH is 3. The molecule has 0 aromatic heterocycles. The van der Waals surface area contributed by atoms with Crippen molar-refractivity contribution >= 4 is 5.97 Å². The highest BCUT2D eigenvalue weighted by Gasteiger charge is 2.75. The third kappa shape index (κ3) is 2.39. The summed E-state index contributed by atoms with van der Waals surface area (Å²) in [6.45, 7) is 10.6. The average molecular weight is 411 g/mol. The largest absolute Gasteiger partial charge is 0.462 e. The van der Waals surface area contributed by atoms with Crippen molar-refractivity contribution in [3.63, 3.8) is 0 Å². The first-order valence-electron chi connectivity index (χ1n) is 10.6. The summed E-state index contributed by atoms with van der Waals surface area (Å²) in [5.74, 6) is -1.89. The van der Waals surface area contributed by atoms with Gasteiger partial charge < -0.3 is 30.3 Å². The van der Waals surface area contributed by atoms with Crippen LogP contribution in [0.4, 0.5) is 0 Å².